The second kappa shape index (κ2) is 5.62. The maximum Gasteiger partial charge on any atom is 0.273 e. The summed E-state index contributed by atoms with van der Waals surface area (Å²) < 4.78 is 27.3. The lowest BCUT2D eigenvalue weighted by molar-refractivity contribution is -0.384. The molecule has 0 aliphatic carbocycles. The molecular formula is C11H9BrN2O5S2. The first-order valence-electron chi connectivity index (χ1n) is 5.47. The van der Waals surface area contributed by atoms with E-state index >= 15 is 0 Å². The summed E-state index contributed by atoms with van der Waals surface area (Å²) in [5, 5.41) is 20.3. The highest BCUT2D eigenvalue weighted by atomic mass is 79.9. The second-order valence-electron chi connectivity index (χ2n) is 4.04. The van der Waals surface area contributed by atoms with Gasteiger partial charge >= 0.3 is 0 Å². The van der Waals surface area contributed by atoms with Crippen LogP contribution in [-0.2, 0) is 10.0 Å². The fourth-order valence-corrected chi connectivity index (χ4v) is 5.11. The Balaban J connectivity index is 2.37. The Kier molecular flexibility index (Phi) is 4.21. The van der Waals surface area contributed by atoms with E-state index in [2.05, 4.69) is 20.7 Å². The van der Waals surface area contributed by atoms with Crippen LogP contribution in [-0.4, -0.2) is 18.4 Å². The molecule has 2 aromatic rings. The molecule has 0 saturated carbocycles. The van der Waals surface area contributed by atoms with Crippen molar-refractivity contribution in [2.45, 2.75) is 11.8 Å². The van der Waals surface area contributed by atoms with Crippen LogP contribution >= 0.6 is 27.3 Å². The summed E-state index contributed by atoms with van der Waals surface area (Å²) in [5.74, 6) is -0.514. The third-order valence-corrected chi connectivity index (χ3v) is 5.74. The normalized spacial score (nSPS) is 11.3. The molecule has 0 radical (unpaired) electrons. The molecule has 0 spiro atoms. The molecule has 0 unspecified atom stereocenters. The van der Waals surface area contributed by atoms with E-state index in [1.165, 1.54) is 17.4 Å². The minimum atomic E-state index is -3.88. The quantitative estimate of drug-likeness (QED) is 0.471. The Labute approximate surface area is 132 Å². The number of hydrogen-bond acceptors (Lipinski definition) is 6. The Morgan fingerprint density at radius 2 is 2.05 bits per heavy atom. The van der Waals surface area contributed by atoms with E-state index in [0.29, 0.717) is 8.66 Å². The summed E-state index contributed by atoms with van der Waals surface area (Å²) in [6, 6.07) is 4.58. The number of halogens is 1. The van der Waals surface area contributed by atoms with Gasteiger partial charge in [0.1, 0.15) is 10.6 Å². The molecule has 0 aliphatic rings. The molecule has 0 aliphatic heterocycles. The molecule has 2 N–H and O–H groups in total. The molecule has 0 bridgehead atoms. The number of hydrogen-bond donors (Lipinski definition) is 2. The molecule has 1 aromatic heterocycles. The molecule has 7 nitrogen and oxygen atoms in total. The predicted molar refractivity (Wildman–Crippen MR) is 82.3 cm³/mol. The zero-order chi connectivity index (χ0) is 15.8. The molecule has 0 saturated heterocycles. The molecule has 10 heteroatoms. The zero-order valence-electron chi connectivity index (χ0n) is 10.5. The van der Waals surface area contributed by atoms with E-state index in [1.54, 1.807) is 6.92 Å². The number of phenols is 1. The average Bonchev–Trinajstić information content (AvgIpc) is 2.71. The minimum absolute atomic E-state index is 0.0807. The largest absolute Gasteiger partial charge is 0.505 e. The summed E-state index contributed by atoms with van der Waals surface area (Å²) in [5.41, 5.74) is -0.452. The van der Waals surface area contributed by atoms with Crippen molar-refractivity contribution in [1.82, 2.24) is 0 Å². The van der Waals surface area contributed by atoms with E-state index in [9.17, 15) is 23.6 Å². The van der Waals surface area contributed by atoms with Gasteiger partial charge in [-0.3, -0.25) is 14.8 Å². The van der Waals surface area contributed by atoms with Gasteiger partial charge in [-0.25, -0.2) is 8.42 Å². The topological polar surface area (TPSA) is 110 Å². The van der Waals surface area contributed by atoms with Gasteiger partial charge < -0.3 is 5.11 Å². The maximum atomic E-state index is 12.2. The number of nitro groups is 1. The monoisotopic (exact) mass is 392 g/mol. The number of nitrogens with zero attached hydrogens (tertiary/aromatic N) is 1. The number of nitrogens with one attached hydrogen (secondary N) is 1. The van der Waals surface area contributed by atoms with Crippen LogP contribution in [0.5, 0.6) is 5.75 Å². The van der Waals surface area contributed by atoms with Gasteiger partial charge in [0.15, 0.2) is 0 Å². The number of rotatable bonds is 4. The van der Waals surface area contributed by atoms with Gasteiger partial charge in [-0.1, -0.05) is 0 Å². The molecule has 0 atom stereocenters. The summed E-state index contributed by atoms with van der Waals surface area (Å²) in [6.07, 6.45) is 0. The first-order valence-corrected chi connectivity index (χ1v) is 8.56. The van der Waals surface area contributed by atoms with Gasteiger partial charge in [0, 0.05) is 10.9 Å². The van der Waals surface area contributed by atoms with Gasteiger partial charge in [-0.2, -0.15) is 0 Å². The van der Waals surface area contributed by atoms with Gasteiger partial charge in [0.25, 0.3) is 15.7 Å². The molecule has 0 fully saturated rings. The van der Waals surface area contributed by atoms with Crippen LogP contribution in [0.25, 0.3) is 0 Å². The number of thiophene rings is 1. The smallest absolute Gasteiger partial charge is 0.273 e. The van der Waals surface area contributed by atoms with Crippen LogP contribution < -0.4 is 4.72 Å². The number of benzene rings is 1. The van der Waals surface area contributed by atoms with E-state index in [-0.39, 0.29) is 16.3 Å². The lowest BCUT2D eigenvalue weighted by atomic mass is 10.3. The SMILES string of the molecule is Cc1sc(Br)cc1S(=O)(=O)Nc1ccc([N+](=O)[O-])cc1O. The predicted octanol–water partition coefficient (Wildman–Crippen LogP) is 3.23. The lowest BCUT2D eigenvalue weighted by Crippen LogP contribution is -2.13. The highest BCUT2D eigenvalue weighted by Crippen LogP contribution is 2.33. The number of aryl methyl sites for hydroxylation is 1. The van der Waals surface area contributed by atoms with Gasteiger partial charge in [0.05, 0.1) is 20.5 Å². The summed E-state index contributed by atoms with van der Waals surface area (Å²) in [7, 11) is -3.88. The number of aromatic hydroxyl groups is 1. The van der Waals surface area contributed by atoms with Crippen LogP contribution in [0.4, 0.5) is 11.4 Å². The van der Waals surface area contributed by atoms with Crippen LogP contribution in [0.15, 0.2) is 32.9 Å². The highest BCUT2D eigenvalue weighted by molar-refractivity contribution is 9.11. The fraction of sp³-hybridized carbons (Fsp3) is 0.0909. The average molecular weight is 393 g/mol. The Morgan fingerprint density at radius 3 is 2.52 bits per heavy atom. The molecule has 21 heavy (non-hydrogen) atoms. The van der Waals surface area contributed by atoms with Crippen molar-refractivity contribution >= 4 is 48.7 Å². The van der Waals surface area contributed by atoms with Crippen LogP contribution in [0.1, 0.15) is 4.88 Å². The van der Waals surface area contributed by atoms with Crippen molar-refractivity contribution in [1.29, 1.82) is 0 Å². The second-order valence-corrected chi connectivity index (χ2v) is 8.32. The molecule has 2 rings (SSSR count). The van der Waals surface area contributed by atoms with Crippen molar-refractivity contribution in [3.8, 4) is 5.75 Å². The number of nitro benzene ring substituents is 1. The minimum Gasteiger partial charge on any atom is -0.505 e. The molecular weight excluding hydrogens is 384 g/mol. The molecule has 1 heterocycles. The summed E-state index contributed by atoms with van der Waals surface area (Å²) >= 11 is 4.47. The Bertz CT molecular complexity index is 816. The van der Waals surface area contributed by atoms with E-state index in [4.69, 9.17) is 0 Å². The third kappa shape index (κ3) is 3.34. The number of phenolic OH excluding ortho intramolecular Hbond substituents is 1. The first-order chi connectivity index (χ1) is 9.70. The number of non-ortho nitro benzene ring substituents is 1. The first kappa shape index (κ1) is 15.7. The Hall–Kier alpha value is -1.65. The van der Waals surface area contributed by atoms with Crippen LogP contribution in [0.2, 0.25) is 0 Å². The van der Waals surface area contributed by atoms with Crippen molar-refractivity contribution in [2.24, 2.45) is 0 Å². The number of anilines is 1. The van der Waals surface area contributed by atoms with E-state index in [0.717, 1.165) is 18.2 Å². The summed E-state index contributed by atoms with van der Waals surface area (Å²) in [6.45, 7) is 1.65. The number of sulfonamides is 1. The van der Waals surface area contributed by atoms with Crippen molar-refractivity contribution in [3.63, 3.8) is 0 Å². The van der Waals surface area contributed by atoms with Crippen molar-refractivity contribution in [3.05, 3.63) is 43.0 Å². The van der Waals surface area contributed by atoms with Gasteiger partial charge in [-0.05, 0) is 35.0 Å². The van der Waals surface area contributed by atoms with Crippen molar-refractivity contribution in [2.75, 3.05) is 4.72 Å². The maximum absolute atomic E-state index is 12.2. The lowest BCUT2D eigenvalue weighted by Gasteiger charge is -2.09. The Morgan fingerprint density at radius 1 is 1.38 bits per heavy atom. The van der Waals surface area contributed by atoms with Crippen molar-refractivity contribution < 1.29 is 18.4 Å². The van der Waals surface area contributed by atoms with E-state index < -0.39 is 20.7 Å². The molecule has 0 amide bonds. The van der Waals surface area contributed by atoms with Crippen LogP contribution in [0.3, 0.4) is 0 Å². The third-order valence-electron chi connectivity index (χ3n) is 2.57. The standard InChI is InChI=1S/C11H9BrN2O5S2/c1-6-10(5-11(12)20-6)21(18,19)13-8-3-2-7(14(16)17)4-9(8)15/h2-5,13,15H,1H3. The molecule has 1 aromatic carbocycles. The fourth-order valence-electron chi connectivity index (χ4n) is 1.62. The van der Waals surface area contributed by atoms with Crippen LogP contribution in [0, 0.1) is 17.0 Å². The summed E-state index contributed by atoms with van der Waals surface area (Å²) in [4.78, 5) is 10.5. The zero-order valence-corrected chi connectivity index (χ0v) is 13.8. The van der Waals surface area contributed by atoms with E-state index in [1.807, 2.05) is 0 Å². The van der Waals surface area contributed by atoms with Gasteiger partial charge in [-0.15, -0.1) is 11.3 Å². The highest BCUT2D eigenvalue weighted by Gasteiger charge is 2.21. The van der Waals surface area contributed by atoms with Gasteiger partial charge in [0.2, 0.25) is 0 Å². The molecule has 112 valence electrons.